The molecule has 141 heavy (non-hydrogen) atoms. The second-order valence-electron chi connectivity index (χ2n) is 37.4. The molecule has 0 N–H and O–H groups in total. The van der Waals surface area contributed by atoms with Crippen molar-refractivity contribution in [2.75, 3.05) is 0 Å². The number of fused-ring (bicyclic) bond motifs is 27. The Morgan fingerprint density at radius 1 is 0.177 bits per heavy atom. The molecule has 28 aromatic rings. The van der Waals surface area contributed by atoms with Gasteiger partial charge in [0.2, 0.25) is 0 Å². The van der Waals surface area contributed by atoms with Gasteiger partial charge in [-0.05, 0) is 228 Å². The quantitative estimate of drug-likeness (QED) is 0.160. The molecule has 0 aliphatic heterocycles. The van der Waals surface area contributed by atoms with Crippen LogP contribution in [0.4, 0.5) is 0 Å². The lowest BCUT2D eigenvalue weighted by Crippen LogP contribution is -1.90. The third kappa shape index (κ3) is 17.3. The summed E-state index contributed by atoms with van der Waals surface area (Å²) in [5.74, 6) is 0. The molecule has 0 saturated carbocycles. The molecule has 0 aliphatic rings. The topological polar surface area (TPSA) is 135 Å². The minimum Gasteiger partial charge on any atom is -0.344 e. The summed E-state index contributed by atoms with van der Waals surface area (Å²) >= 11 is 0. The first kappa shape index (κ1) is 91.6. The number of pyridine rings is 7. The molecule has 0 saturated heterocycles. The second-order valence-corrected chi connectivity index (χ2v) is 37.4. The maximum absolute atomic E-state index is 4.58. The maximum atomic E-state index is 4.58. The Balaban J connectivity index is 0.0000000975. The highest BCUT2D eigenvalue weighted by atomic mass is 15.0. The molecule has 694 valence electrons. The fraction of sp³-hybridized carbons (Fsp3) is 0.144. The van der Waals surface area contributed by atoms with Crippen LogP contribution in [-0.2, 0) is 63.4 Å². The third-order valence-electron chi connectivity index (χ3n) is 27.8. The van der Waals surface area contributed by atoms with Crippen molar-refractivity contribution in [3.63, 3.8) is 0 Å². The molecule has 0 amide bonds. The highest BCUT2D eigenvalue weighted by molar-refractivity contribution is 6.15. The Hall–Kier alpha value is -17.1. The summed E-state index contributed by atoms with van der Waals surface area (Å²) in [6.45, 7) is 18.9. The summed E-state index contributed by atoms with van der Waals surface area (Å²) in [6.07, 6.45) is 15.1. The van der Waals surface area contributed by atoms with E-state index >= 15 is 0 Å². The van der Waals surface area contributed by atoms with Crippen LogP contribution >= 0.6 is 0 Å². The largest absolute Gasteiger partial charge is 0.344 e. The Morgan fingerprint density at radius 3 is 1.13 bits per heavy atom. The van der Waals surface area contributed by atoms with E-state index in [-0.39, 0.29) is 0 Å². The number of aryl methyl sites for hydroxylation is 18. The Bertz CT molecular complexity index is 8220. The lowest BCUT2D eigenvalue weighted by Gasteiger charge is -2.06. The number of aromatic nitrogens is 16. The van der Waals surface area contributed by atoms with Gasteiger partial charge >= 0.3 is 0 Å². The average Bonchev–Trinajstić information content (AvgIpc) is 1.59. The molecule has 16 heteroatoms. The van der Waals surface area contributed by atoms with Crippen LogP contribution in [0.15, 0.2) is 365 Å². The van der Waals surface area contributed by atoms with Gasteiger partial charge in [0.15, 0.2) is 0 Å². The van der Waals surface area contributed by atoms with Gasteiger partial charge in [-0.3, -0.25) is 24.9 Å². The van der Waals surface area contributed by atoms with E-state index in [1.54, 1.807) is 0 Å². The van der Waals surface area contributed by atoms with Crippen LogP contribution in [0, 0.1) is 62.3 Å². The smallest absolute Gasteiger partial charge is 0.140 e. The van der Waals surface area contributed by atoms with Gasteiger partial charge in [-0.25, -0.2) is 9.97 Å². The average molecular weight is 1840 g/mol. The van der Waals surface area contributed by atoms with Crippen LogP contribution < -0.4 is 0 Å². The number of nitrogens with zero attached hydrogens (tertiary/aromatic N) is 16. The second kappa shape index (κ2) is 38.5. The van der Waals surface area contributed by atoms with Gasteiger partial charge in [0.05, 0.1) is 72.4 Å². The first-order valence-electron chi connectivity index (χ1n) is 48.0. The molecule has 16 aromatic heterocycles. The van der Waals surface area contributed by atoms with Gasteiger partial charge in [0.25, 0.3) is 0 Å². The van der Waals surface area contributed by atoms with Gasteiger partial charge in [0, 0.05) is 243 Å². The predicted octanol–water partition coefficient (Wildman–Crippen LogP) is 30.2. The standard InChI is InChI=1S/C20H17N.C14H13N.7C13H12N2/c1-14-11-12-17-18-10-6-9-16(15-7-4-3-5-8-15)20(18)21(2)19(17)13-14;1-10-7-8-12-11-5-3-4-6-13(11)15(2)14(12)9-10;1-9-3-4-10-11-8-14-6-5-12(11)15(2)13(10)7-9;1-9-3-4-10-11-5-6-14-8-13(11)15(2)12(10)7-9;1-9-5-6-10-12(8-9)15(2)11-4-3-7-14-13(10)11;1-9-5-6-10-11-4-3-7-14-13(11)15(2)12(10)8-9;1-9-7-13-11(8-14-9)10-5-3-4-6-12(10)15(13)2;1-9-7-12-13(14-8-9)10-5-3-4-6-11(10)15(12)2;1-9-7-8-11-10-5-3-4-6-12(10)15(2)13(11)14-9/h3-13H,1-2H3;3-9H,1-2H3;7*3-8H,1-2H3. The van der Waals surface area contributed by atoms with Crippen LogP contribution in [-0.4, -0.2) is 76.0 Å². The van der Waals surface area contributed by atoms with E-state index in [2.05, 4.69) is 491 Å². The highest BCUT2D eigenvalue weighted by Crippen LogP contribution is 2.39. The molecular weight excluding hydrogens is 1730 g/mol. The molecule has 0 radical (unpaired) electrons. The van der Waals surface area contributed by atoms with Crippen LogP contribution in [0.5, 0.6) is 0 Å². The lowest BCUT2D eigenvalue weighted by molar-refractivity contribution is 0.982. The van der Waals surface area contributed by atoms with Crippen LogP contribution in [0.25, 0.3) is 208 Å². The van der Waals surface area contributed by atoms with Crippen molar-refractivity contribution in [3.05, 3.63) is 415 Å². The van der Waals surface area contributed by atoms with Crippen LogP contribution in [0.1, 0.15) is 50.3 Å². The van der Waals surface area contributed by atoms with E-state index in [4.69, 9.17) is 0 Å². The van der Waals surface area contributed by atoms with Gasteiger partial charge in [-0.15, -0.1) is 0 Å². The van der Waals surface area contributed by atoms with E-state index in [0.29, 0.717) is 0 Å². The van der Waals surface area contributed by atoms with Crippen LogP contribution in [0.2, 0.25) is 0 Å². The van der Waals surface area contributed by atoms with Gasteiger partial charge < -0.3 is 41.1 Å². The number of para-hydroxylation sites is 5. The van der Waals surface area contributed by atoms with Gasteiger partial charge in [-0.2, -0.15) is 0 Å². The van der Waals surface area contributed by atoms with Crippen molar-refractivity contribution in [1.29, 1.82) is 0 Å². The number of hydrogen-bond donors (Lipinski definition) is 0. The molecule has 16 nitrogen and oxygen atoms in total. The Labute approximate surface area is 819 Å². The Kier molecular flexibility index (Phi) is 25.0. The van der Waals surface area contributed by atoms with Crippen molar-refractivity contribution >= 4 is 197 Å². The summed E-state index contributed by atoms with van der Waals surface area (Å²) in [6, 6.07) is 111. The summed E-state index contributed by atoms with van der Waals surface area (Å²) in [4.78, 5) is 30.6. The number of rotatable bonds is 1. The molecule has 0 fully saturated rings. The maximum Gasteiger partial charge on any atom is 0.140 e. The molecule has 0 bridgehead atoms. The van der Waals surface area contributed by atoms with Crippen molar-refractivity contribution in [2.24, 2.45) is 63.4 Å². The molecule has 0 atom stereocenters. The monoisotopic (exact) mass is 1840 g/mol. The van der Waals surface area contributed by atoms with Crippen molar-refractivity contribution in [1.82, 2.24) is 76.0 Å². The van der Waals surface area contributed by atoms with E-state index < -0.39 is 0 Å². The van der Waals surface area contributed by atoms with E-state index in [1.165, 1.54) is 225 Å². The van der Waals surface area contributed by atoms with Crippen molar-refractivity contribution < 1.29 is 0 Å². The first-order chi connectivity index (χ1) is 68.4. The zero-order valence-corrected chi connectivity index (χ0v) is 83.3. The van der Waals surface area contributed by atoms with E-state index in [1.807, 2.05) is 75.6 Å². The molecule has 12 aromatic carbocycles. The summed E-state index contributed by atoms with van der Waals surface area (Å²) in [5.41, 5.74) is 38.1. The molecule has 28 rings (SSSR count). The van der Waals surface area contributed by atoms with Gasteiger partial charge in [0.1, 0.15) is 11.3 Å². The SMILES string of the molecule is Cc1cc2c(cn1)c1ccccc1n2C.Cc1ccc2c3cccc(-c4ccccc4)c3n(C)c2c1.Cc1ccc2c3ccccc3n(C)c2c1.Cc1ccc2c3ccccc3n(C)c2n1.Cc1ccc2c3cccnc3n(C)c2c1.Cc1ccc2c3ccncc3n(C)c2c1.Cc1ccc2c3cnccc3n(C)c2c1.Cc1ccc2c3ncccc3n(C)c2c1.Cc1cnc2c3ccccc3n(C)c2c1. The van der Waals surface area contributed by atoms with E-state index in [0.717, 1.165) is 33.7 Å². The van der Waals surface area contributed by atoms with Gasteiger partial charge in [-0.1, -0.05) is 194 Å². The summed E-state index contributed by atoms with van der Waals surface area (Å²) in [7, 11) is 18.9. The fourth-order valence-electron chi connectivity index (χ4n) is 20.5. The normalized spacial score (nSPS) is 11.3. The fourth-order valence-corrected chi connectivity index (χ4v) is 20.5. The third-order valence-corrected chi connectivity index (χ3v) is 27.8. The highest BCUT2D eigenvalue weighted by Gasteiger charge is 2.18. The van der Waals surface area contributed by atoms with E-state index in [9.17, 15) is 0 Å². The molecule has 0 aliphatic carbocycles. The van der Waals surface area contributed by atoms with Crippen LogP contribution in [0.3, 0.4) is 0 Å². The first-order valence-corrected chi connectivity index (χ1v) is 48.0. The zero-order chi connectivity index (χ0) is 97.7. The summed E-state index contributed by atoms with van der Waals surface area (Å²) in [5, 5.41) is 20.5. The molecular formula is C125H114N16. The molecule has 0 unspecified atom stereocenters. The van der Waals surface area contributed by atoms with Crippen molar-refractivity contribution in [3.8, 4) is 11.1 Å². The minimum absolute atomic E-state index is 1.05. The Morgan fingerprint density at radius 2 is 0.532 bits per heavy atom. The lowest BCUT2D eigenvalue weighted by atomic mass is 10.0. The molecule has 16 heterocycles. The number of benzene rings is 12. The zero-order valence-electron chi connectivity index (χ0n) is 83.3. The van der Waals surface area contributed by atoms with Crippen molar-refractivity contribution in [2.45, 2.75) is 62.3 Å². The minimum atomic E-state index is 1.05. The number of hydrogen-bond acceptors (Lipinski definition) is 7. The summed E-state index contributed by atoms with van der Waals surface area (Å²) < 4.78 is 19.9. The predicted molar refractivity (Wildman–Crippen MR) is 596 cm³/mol. The molecule has 0 spiro atoms.